The van der Waals surface area contributed by atoms with Crippen LogP contribution in [0.4, 0.5) is 8.78 Å². The van der Waals surface area contributed by atoms with Gasteiger partial charge in [0.15, 0.2) is 0 Å². The quantitative estimate of drug-likeness (QED) is 0.872. The predicted octanol–water partition coefficient (Wildman–Crippen LogP) is 1.88. The third-order valence-corrected chi connectivity index (χ3v) is 3.63. The minimum atomic E-state index is -2.69. The van der Waals surface area contributed by atoms with Crippen LogP contribution in [0.25, 0.3) is 0 Å². The number of aryl methyl sites for hydroxylation is 1. The lowest BCUT2D eigenvalue weighted by atomic mass is 9.93. The highest BCUT2D eigenvalue weighted by Crippen LogP contribution is 2.21. The van der Waals surface area contributed by atoms with Crippen molar-refractivity contribution >= 4 is 5.91 Å². The Morgan fingerprint density at radius 2 is 2.00 bits per heavy atom. The molecule has 1 amide bonds. The number of rotatable bonds is 6. The Morgan fingerprint density at radius 3 is 2.43 bits per heavy atom. The molecule has 0 aliphatic rings. The fourth-order valence-corrected chi connectivity index (χ4v) is 2.22. The van der Waals surface area contributed by atoms with Crippen LogP contribution in [0.1, 0.15) is 37.3 Å². The molecule has 1 heterocycles. The molecule has 120 valence electrons. The maximum Gasteiger partial charge on any atom is 0.333 e. The molecule has 1 aromatic rings. The lowest BCUT2D eigenvalue weighted by Gasteiger charge is -2.29. The zero-order valence-corrected chi connectivity index (χ0v) is 13.3. The molecular formula is C14H24F2N4O. The zero-order chi connectivity index (χ0) is 16.4. The molecule has 2 N–H and O–H groups in total. The molecule has 0 saturated heterocycles. The van der Waals surface area contributed by atoms with E-state index in [1.807, 2.05) is 13.8 Å². The molecule has 1 rings (SSSR count). The van der Waals surface area contributed by atoms with Crippen molar-refractivity contribution in [1.29, 1.82) is 0 Å². The van der Waals surface area contributed by atoms with E-state index in [4.69, 9.17) is 5.73 Å². The average Bonchev–Trinajstić information content (AvgIpc) is 2.66. The monoisotopic (exact) mass is 302 g/mol. The van der Waals surface area contributed by atoms with Crippen LogP contribution >= 0.6 is 0 Å². The Hall–Kier alpha value is -1.50. The number of halogens is 2. The van der Waals surface area contributed by atoms with Crippen LogP contribution in [0.15, 0.2) is 0 Å². The van der Waals surface area contributed by atoms with Crippen molar-refractivity contribution in [2.75, 3.05) is 20.1 Å². The second-order valence-corrected chi connectivity index (χ2v) is 6.17. The van der Waals surface area contributed by atoms with Crippen molar-refractivity contribution in [3.05, 3.63) is 17.0 Å². The number of hydrogen-bond donors (Lipinski definition) is 1. The summed E-state index contributed by atoms with van der Waals surface area (Å²) >= 11 is 0. The average molecular weight is 302 g/mol. The van der Waals surface area contributed by atoms with Crippen LogP contribution in [0.2, 0.25) is 0 Å². The van der Waals surface area contributed by atoms with Gasteiger partial charge in [-0.05, 0) is 25.8 Å². The molecular weight excluding hydrogens is 278 g/mol. The molecule has 7 heteroatoms. The highest BCUT2D eigenvalue weighted by atomic mass is 19.3. The van der Waals surface area contributed by atoms with Gasteiger partial charge in [-0.2, -0.15) is 13.9 Å². The number of alkyl halides is 2. The van der Waals surface area contributed by atoms with Crippen molar-refractivity contribution in [1.82, 2.24) is 14.7 Å². The third-order valence-electron chi connectivity index (χ3n) is 3.63. The molecule has 0 radical (unpaired) electrons. The fourth-order valence-electron chi connectivity index (χ4n) is 2.22. The second-order valence-electron chi connectivity index (χ2n) is 6.17. The number of likely N-dealkylation sites (N-methyl/N-ethyl adjacent to an activating group) is 1. The number of carbonyl (C=O) groups is 1. The van der Waals surface area contributed by atoms with E-state index in [1.54, 1.807) is 25.8 Å². The summed E-state index contributed by atoms with van der Waals surface area (Å²) in [6.45, 7) is 5.43. The molecule has 0 atom stereocenters. The molecule has 0 fully saturated rings. The van der Waals surface area contributed by atoms with Gasteiger partial charge in [-0.15, -0.1) is 0 Å². The number of nitrogens with zero attached hydrogens (tertiary/aromatic N) is 3. The molecule has 0 aliphatic heterocycles. The molecule has 0 bridgehead atoms. The molecule has 0 aliphatic carbocycles. The topological polar surface area (TPSA) is 64.2 Å². The van der Waals surface area contributed by atoms with Crippen molar-refractivity contribution in [2.24, 2.45) is 11.1 Å². The van der Waals surface area contributed by atoms with Crippen LogP contribution in [-0.4, -0.2) is 40.7 Å². The largest absolute Gasteiger partial charge is 0.345 e. The van der Waals surface area contributed by atoms with E-state index in [9.17, 15) is 13.6 Å². The first kappa shape index (κ1) is 17.6. The first-order valence-electron chi connectivity index (χ1n) is 6.86. The minimum Gasteiger partial charge on any atom is -0.345 e. The van der Waals surface area contributed by atoms with Gasteiger partial charge in [0.25, 0.3) is 0 Å². The summed E-state index contributed by atoms with van der Waals surface area (Å²) in [5.74, 6) is -0.128. The van der Waals surface area contributed by atoms with E-state index in [2.05, 4.69) is 5.10 Å². The van der Waals surface area contributed by atoms with Gasteiger partial charge >= 0.3 is 6.55 Å². The summed E-state index contributed by atoms with van der Waals surface area (Å²) in [4.78, 5) is 13.8. The molecule has 0 spiro atoms. The molecule has 5 nitrogen and oxygen atoms in total. The molecule has 1 aromatic heterocycles. The first-order chi connectivity index (χ1) is 9.59. The molecule has 21 heavy (non-hydrogen) atoms. The van der Waals surface area contributed by atoms with Crippen molar-refractivity contribution in [3.63, 3.8) is 0 Å². The summed E-state index contributed by atoms with van der Waals surface area (Å²) in [7, 11) is 1.70. The van der Waals surface area contributed by atoms with Crippen molar-refractivity contribution < 1.29 is 13.6 Å². The summed E-state index contributed by atoms with van der Waals surface area (Å²) in [5, 5.41) is 3.79. The second kappa shape index (κ2) is 6.51. The summed E-state index contributed by atoms with van der Waals surface area (Å²) < 4.78 is 26.2. The number of aromatic nitrogens is 2. The van der Waals surface area contributed by atoms with Gasteiger partial charge in [0.1, 0.15) is 0 Å². The first-order valence-corrected chi connectivity index (χ1v) is 6.86. The summed E-state index contributed by atoms with van der Waals surface area (Å²) in [6, 6.07) is 0. The number of hydrogen-bond acceptors (Lipinski definition) is 3. The maximum atomic E-state index is 12.8. The van der Waals surface area contributed by atoms with E-state index in [-0.39, 0.29) is 17.7 Å². The molecule has 0 saturated carbocycles. The van der Waals surface area contributed by atoms with Crippen LogP contribution < -0.4 is 5.73 Å². The van der Waals surface area contributed by atoms with Gasteiger partial charge in [0.05, 0.1) is 12.1 Å². The minimum absolute atomic E-state index is 0.0710. The van der Waals surface area contributed by atoms with Gasteiger partial charge in [-0.1, -0.05) is 13.8 Å². The smallest absolute Gasteiger partial charge is 0.333 e. The van der Waals surface area contributed by atoms with Gasteiger partial charge in [-0.3, -0.25) is 4.79 Å². The third kappa shape index (κ3) is 4.23. The van der Waals surface area contributed by atoms with Crippen molar-refractivity contribution in [2.45, 2.75) is 40.7 Å². The highest BCUT2D eigenvalue weighted by molar-refractivity contribution is 5.79. The lowest BCUT2D eigenvalue weighted by molar-refractivity contribution is -0.130. The van der Waals surface area contributed by atoms with E-state index < -0.39 is 6.55 Å². The number of nitrogens with two attached hydrogens (primary N) is 1. The van der Waals surface area contributed by atoms with E-state index in [0.717, 1.165) is 0 Å². The zero-order valence-electron chi connectivity index (χ0n) is 13.3. The van der Waals surface area contributed by atoms with Crippen molar-refractivity contribution in [3.8, 4) is 0 Å². The normalized spacial score (nSPS) is 12.0. The van der Waals surface area contributed by atoms with Gasteiger partial charge in [0.2, 0.25) is 5.91 Å². The maximum absolute atomic E-state index is 12.8. The Morgan fingerprint density at radius 1 is 1.43 bits per heavy atom. The summed E-state index contributed by atoms with van der Waals surface area (Å²) in [5.41, 5.74) is 6.85. The van der Waals surface area contributed by atoms with Gasteiger partial charge in [-0.25, -0.2) is 4.68 Å². The Bertz CT molecular complexity index is 511. The summed E-state index contributed by atoms with van der Waals surface area (Å²) in [6.07, 6.45) is 0.0710. The van der Waals surface area contributed by atoms with Crippen LogP contribution in [0, 0.1) is 19.3 Å². The van der Waals surface area contributed by atoms with Crippen LogP contribution in [-0.2, 0) is 11.2 Å². The van der Waals surface area contributed by atoms with Gasteiger partial charge in [0, 0.05) is 24.8 Å². The molecule has 0 aromatic carbocycles. The fraction of sp³-hybridized carbons (Fsp3) is 0.714. The van der Waals surface area contributed by atoms with E-state index >= 15 is 0 Å². The molecule has 0 unspecified atom stereocenters. The number of amides is 1. The Labute approximate surface area is 124 Å². The Balaban J connectivity index is 2.84. The Kier molecular flexibility index (Phi) is 5.44. The lowest BCUT2D eigenvalue weighted by Crippen LogP contribution is -2.40. The number of carbonyl (C=O) groups excluding carboxylic acids is 1. The van der Waals surface area contributed by atoms with Crippen LogP contribution in [0.3, 0.4) is 0 Å². The SMILES string of the molecule is Cc1nn(C(F)F)c(C)c1CC(=O)N(C)CC(C)(C)CN. The van der Waals surface area contributed by atoms with Crippen LogP contribution in [0.5, 0.6) is 0 Å². The van der Waals surface area contributed by atoms with Gasteiger partial charge < -0.3 is 10.6 Å². The highest BCUT2D eigenvalue weighted by Gasteiger charge is 2.24. The van der Waals surface area contributed by atoms with E-state index in [1.165, 1.54) is 0 Å². The standard InChI is InChI=1S/C14H24F2N4O/c1-9-11(10(2)20(18-9)13(15)16)6-12(21)19(5)8-14(3,4)7-17/h13H,6-8,17H2,1-5H3. The van der Waals surface area contributed by atoms with E-state index in [0.29, 0.717) is 34.7 Å². The predicted molar refractivity (Wildman–Crippen MR) is 77.1 cm³/mol.